The first-order valence-electron chi connectivity index (χ1n) is 8.65. The molecule has 4 bridgehead atoms. The van der Waals surface area contributed by atoms with Crippen LogP contribution in [0.5, 0.6) is 0 Å². The minimum atomic E-state index is -0.127. The topological polar surface area (TPSA) is 41.5 Å². The van der Waals surface area contributed by atoms with Gasteiger partial charge in [0.05, 0.1) is 11.1 Å². The zero-order valence-corrected chi connectivity index (χ0v) is 15.1. The van der Waals surface area contributed by atoms with E-state index in [1.165, 1.54) is 19.3 Å². The van der Waals surface area contributed by atoms with Gasteiger partial charge in [0, 0.05) is 4.47 Å². The summed E-state index contributed by atoms with van der Waals surface area (Å²) in [4.78, 5) is 12.9. The number of halogens is 1. The summed E-state index contributed by atoms with van der Waals surface area (Å²) >= 11 is 3.44. The zero-order chi connectivity index (χ0) is 16.0. The molecule has 4 heteroatoms. The van der Waals surface area contributed by atoms with Gasteiger partial charge in [-0.1, -0.05) is 28.1 Å². The summed E-state index contributed by atoms with van der Waals surface area (Å²) < 4.78 is 1.05. The highest BCUT2D eigenvalue weighted by molar-refractivity contribution is 9.10. The van der Waals surface area contributed by atoms with E-state index in [2.05, 4.69) is 26.5 Å². The van der Waals surface area contributed by atoms with Gasteiger partial charge in [0.2, 0.25) is 5.91 Å². The number of amides is 1. The van der Waals surface area contributed by atoms with Crippen molar-refractivity contribution in [1.82, 2.24) is 5.43 Å². The molecular formula is C19H23BrN2O. The van der Waals surface area contributed by atoms with Crippen LogP contribution in [0.4, 0.5) is 0 Å². The van der Waals surface area contributed by atoms with E-state index in [0.29, 0.717) is 0 Å². The fourth-order valence-electron chi connectivity index (χ4n) is 5.40. The molecular weight excluding hydrogens is 352 g/mol. The Hall–Kier alpha value is -1.16. The molecule has 0 atom stereocenters. The van der Waals surface area contributed by atoms with Gasteiger partial charge in [0.1, 0.15) is 0 Å². The van der Waals surface area contributed by atoms with E-state index in [-0.39, 0.29) is 11.3 Å². The largest absolute Gasteiger partial charge is 0.273 e. The molecule has 0 aromatic heterocycles. The van der Waals surface area contributed by atoms with Crippen molar-refractivity contribution in [2.45, 2.75) is 45.4 Å². The number of carbonyl (C=O) groups excluding carboxylic acids is 1. The second kappa shape index (κ2) is 5.73. The number of nitrogens with zero attached hydrogens (tertiary/aromatic N) is 1. The molecule has 5 rings (SSSR count). The molecule has 1 aromatic rings. The van der Waals surface area contributed by atoms with Gasteiger partial charge in [-0.15, -0.1) is 0 Å². The van der Waals surface area contributed by atoms with Crippen molar-refractivity contribution in [3.63, 3.8) is 0 Å². The Morgan fingerprint density at radius 1 is 1.09 bits per heavy atom. The Kier molecular flexibility index (Phi) is 3.83. The fourth-order valence-corrected chi connectivity index (χ4v) is 5.66. The lowest BCUT2D eigenvalue weighted by Crippen LogP contribution is -2.52. The van der Waals surface area contributed by atoms with Crippen LogP contribution in [0.3, 0.4) is 0 Å². The van der Waals surface area contributed by atoms with Crippen molar-refractivity contribution in [3.8, 4) is 0 Å². The van der Waals surface area contributed by atoms with Gasteiger partial charge in [-0.05, 0) is 80.9 Å². The predicted molar refractivity (Wildman–Crippen MR) is 95.1 cm³/mol. The maximum atomic E-state index is 12.9. The number of hydrazone groups is 1. The van der Waals surface area contributed by atoms with Crippen LogP contribution in [-0.2, 0) is 4.79 Å². The molecule has 0 spiro atoms. The summed E-state index contributed by atoms with van der Waals surface area (Å²) in [6, 6.07) is 8.02. The van der Waals surface area contributed by atoms with Gasteiger partial charge in [0.15, 0.2) is 0 Å². The van der Waals surface area contributed by atoms with Crippen molar-refractivity contribution in [2.75, 3.05) is 0 Å². The number of rotatable bonds is 3. The Balaban J connectivity index is 1.47. The van der Waals surface area contributed by atoms with Crippen LogP contribution in [0.1, 0.15) is 51.0 Å². The third kappa shape index (κ3) is 2.86. The second-order valence-corrected chi connectivity index (χ2v) is 8.76. The van der Waals surface area contributed by atoms with Crippen LogP contribution in [0, 0.1) is 23.2 Å². The molecule has 4 aliphatic carbocycles. The minimum Gasteiger partial charge on any atom is -0.273 e. The quantitative estimate of drug-likeness (QED) is 0.613. The van der Waals surface area contributed by atoms with E-state index in [9.17, 15) is 4.79 Å². The lowest BCUT2D eigenvalue weighted by Gasteiger charge is -2.55. The summed E-state index contributed by atoms with van der Waals surface area (Å²) in [7, 11) is 0. The molecule has 4 saturated carbocycles. The van der Waals surface area contributed by atoms with Crippen LogP contribution in [0.25, 0.3) is 0 Å². The normalized spacial score (nSPS) is 35.4. The average molecular weight is 375 g/mol. The van der Waals surface area contributed by atoms with E-state index >= 15 is 0 Å². The summed E-state index contributed by atoms with van der Waals surface area (Å²) in [5, 5.41) is 4.38. The van der Waals surface area contributed by atoms with Crippen LogP contribution >= 0.6 is 15.9 Å². The lowest BCUT2D eigenvalue weighted by atomic mass is 9.49. The Bertz CT molecular complexity index is 615. The van der Waals surface area contributed by atoms with E-state index in [1.54, 1.807) is 0 Å². The maximum Gasteiger partial charge on any atom is 0.246 e. The smallest absolute Gasteiger partial charge is 0.246 e. The Morgan fingerprint density at radius 2 is 1.61 bits per heavy atom. The van der Waals surface area contributed by atoms with Gasteiger partial charge in [-0.2, -0.15) is 5.10 Å². The Labute approximate surface area is 146 Å². The molecule has 4 aliphatic rings. The highest BCUT2D eigenvalue weighted by Gasteiger charge is 2.54. The summed E-state index contributed by atoms with van der Waals surface area (Å²) in [5.41, 5.74) is 4.66. The van der Waals surface area contributed by atoms with Gasteiger partial charge in [0.25, 0.3) is 0 Å². The van der Waals surface area contributed by atoms with E-state index in [1.807, 2.05) is 31.2 Å². The van der Waals surface area contributed by atoms with Gasteiger partial charge >= 0.3 is 0 Å². The van der Waals surface area contributed by atoms with Crippen molar-refractivity contribution in [2.24, 2.45) is 28.3 Å². The zero-order valence-electron chi connectivity index (χ0n) is 13.5. The first-order valence-corrected chi connectivity index (χ1v) is 9.44. The number of hydrogen-bond donors (Lipinski definition) is 1. The molecule has 23 heavy (non-hydrogen) atoms. The van der Waals surface area contributed by atoms with Crippen molar-refractivity contribution in [3.05, 3.63) is 34.3 Å². The van der Waals surface area contributed by atoms with Gasteiger partial charge < -0.3 is 0 Å². The van der Waals surface area contributed by atoms with Crippen LogP contribution in [0.15, 0.2) is 33.8 Å². The maximum absolute atomic E-state index is 12.9. The van der Waals surface area contributed by atoms with Crippen molar-refractivity contribution < 1.29 is 4.79 Å². The highest BCUT2D eigenvalue weighted by atomic mass is 79.9. The first-order chi connectivity index (χ1) is 11.0. The average Bonchev–Trinajstić information content (AvgIpc) is 2.51. The second-order valence-electron chi connectivity index (χ2n) is 7.84. The fraction of sp³-hybridized carbons (Fsp3) is 0.579. The molecule has 3 nitrogen and oxygen atoms in total. The summed E-state index contributed by atoms with van der Waals surface area (Å²) in [6.07, 6.45) is 7.31. The number of carbonyl (C=O) groups is 1. The molecule has 0 heterocycles. The van der Waals surface area contributed by atoms with E-state index < -0.39 is 0 Å². The first kappa shape index (κ1) is 15.4. The SMILES string of the molecule is C/C(=N/NC(=O)C12CC3CC(CC(C3)C1)C2)c1ccc(Br)cc1. The summed E-state index contributed by atoms with van der Waals surface area (Å²) in [5.74, 6) is 2.50. The van der Waals surface area contributed by atoms with Crippen molar-refractivity contribution in [1.29, 1.82) is 0 Å². The monoisotopic (exact) mass is 374 g/mol. The molecule has 0 aliphatic heterocycles. The molecule has 122 valence electrons. The number of hydrogen-bond acceptors (Lipinski definition) is 2. The summed E-state index contributed by atoms with van der Waals surface area (Å²) in [6.45, 7) is 1.95. The predicted octanol–water partition coefficient (Wildman–Crippen LogP) is 4.51. The van der Waals surface area contributed by atoms with Crippen LogP contribution in [0.2, 0.25) is 0 Å². The number of benzene rings is 1. The van der Waals surface area contributed by atoms with Crippen LogP contribution in [-0.4, -0.2) is 11.6 Å². The lowest BCUT2D eigenvalue weighted by molar-refractivity contribution is -0.146. The Morgan fingerprint density at radius 3 is 2.13 bits per heavy atom. The van der Waals surface area contributed by atoms with Gasteiger partial charge in [-0.3, -0.25) is 4.79 Å². The van der Waals surface area contributed by atoms with E-state index in [4.69, 9.17) is 0 Å². The third-order valence-electron chi connectivity index (χ3n) is 6.11. The highest BCUT2D eigenvalue weighted by Crippen LogP contribution is 2.60. The standard InChI is InChI=1S/C19H23BrN2O/c1-12(16-2-4-17(20)5-3-16)21-22-18(23)19-9-13-6-14(10-19)8-15(7-13)11-19/h2-5,13-15H,6-11H2,1H3,(H,22,23)/b21-12-. The molecule has 1 aromatic carbocycles. The molecule has 0 saturated heterocycles. The van der Waals surface area contributed by atoms with Crippen LogP contribution < -0.4 is 5.43 Å². The van der Waals surface area contributed by atoms with Gasteiger partial charge in [-0.25, -0.2) is 5.43 Å². The molecule has 4 fully saturated rings. The van der Waals surface area contributed by atoms with Crippen molar-refractivity contribution >= 4 is 27.5 Å². The molecule has 1 amide bonds. The molecule has 1 N–H and O–H groups in total. The minimum absolute atomic E-state index is 0.127. The third-order valence-corrected chi connectivity index (χ3v) is 6.64. The molecule has 0 radical (unpaired) electrons. The van der Waals surface area contributed by atoms with E-state index in [0.717, 1.165) is 52.8 Å². The molecule has 0 unspecified atom stereocenters. The number of nitrogens with one attached hydrogen (secondary N) is 1.